The summed E-state index contributed by atoms with van der Waals surface area (Å²) in [6.07, 6.45) is 1.14. The minimum absolute atomic E-state index is 0.100. The van der Waals surface area contributed by atoms with Crippen molar-refractivity contribution in [3.63, 3.8) is 0 Å². The number of nitrogens with zero attached hydrogens (tertiary/aromatic N) is 1. The highest BCUT2D eigenvalue weighted by Crippen LogP contribution is 2.38. The lowest BCUT2D eigenvalue weighted by Crippen LogP contribution is -2.31. The summed E-state index contributed by atoms with van der Waals surface area (Å²) in [6.45, 7) is 9.22. The minimum Gasteiger partial charge on any atom is -0.394 e. The van der Waals surface area contributed by atoms with Crippen LogP contribution in [0.4, 0.5) is 4.39 Å². The maximum absolute atomic E-state index is 14.2. The molecule has 0 radical (unpaired) electrons. The highest BCUT2D eigenvalue weighted by atomic mass is 35.5. The van der Waals surface area contributed by atoms with Gasteiger partial charge in [0.1, 0.15) is 5.82 Å². The average molecular weight is 555 g/mol. The Bertz CT molecular complexity index is 990. The smallest absolute Gasteiger partial charge is 0.207 e. The van der Waals surface area contributed by atoms with Crippen LogP contribution in [0.25, 0.3) is 0 Å². The monoisotopic (exact) mass is 553 g/mol. The van der Waals surface area contributed by atoms with Crippen LogP contribution in [-0.4, -0.2) is 48.5 Å². The van der Waals surface area contributed by atoms with E-state index < -0.39 is 11.9 Å². The molecule has 0 bridgehead atoms. The van der Waals surface area contributed by atoms with Gasteiger partial charge >= 0.3 is 0 Å². The Labute approximate surface area is 229 Å². The van der Waals surface area contributed by atoms with Crippen molar-refractivity contribution in [3.8, 4) is 6.07 Å². The predicted molar refractivity (Wildman–Crippen MR) is 147 cm³/mol. The summed E-state index contributed by atoms with van der Waals surface area (Å²) < 4.78 is 14.2. The Kier molecular flexibility index (Phi) is 14.7. The number of carbonyl (C=O) groups excluding carboxylic acids is 1. The fraction of sp³-hybridized carbons (Fsp3) is 0.500. The summed E-state index contributed by atoms with van der Waals surface area (Å²) >= 11 is 11.6. The topological polar surface area (TPSA) is 105 Å². The number of aliphatic hydroxyl groups excluding tert-OH is 2. The van der Waals surface area contributed by atoms with Gasteiger partial charge in [-0.2, -0.15) is 5.26 Å². The van der Waals surface area contributed by atoms with Crippen LogP contribution in [0.2, 0.25) is 10.0 Å². The number of hydrogen-bond donors (Lipinski definition) is 4. The number of halogens is 3. The first kappa shape index (κ1) is 32.8. The zero-order valence-electron chi connectivity index (χ0n) is 21.8. The van der Waals surface area contributed by atoms with Gasteiger partial charge in [-0.05, 0) is 48.4 Å². The first-order valence-corrected chi connectivity index (χ1v) is 12.9. The molecule has 9 heteroatoms. The highest BCUT2D eigenvalue weighted by molar-refractivity contribution is 6.31. The molecule has 4 N–H and O–H groups in total. The zero-order chi connectivity index (χ0) is 28.0. The van der Waals surface area contributed by atoms with Crippen LogP contribution in [0.5, 0.6) is 0 Å². The molecule has 3 rings (SSSR count). The van der Waals surface area contributed by atoms with Crippen molar-refractivity contribution < 1.29 is 19.4 Å². The number of aliphatic hydroxyl groups is 2. The summed E-state index contributed by atoms with van der Waals surface area (Å²) in [4.78, 5) is 9.62. The molecule has 1 aliphatic rings. The Balaban J connectivity index is 0.000000332. The summed E-state index contributed by atoms with van der Waals surface area (Å²) in [5.41, 5.74) is 1.82. The number of hydrogen-bond acceptors (Lipinski definition) is 5. The van der Waals surface area contributed by atoms with E-state index in [2.05, 4.69) is 37.5 Å². The van der Waals surface area contributed by atoms with Crippen molar-refractivity contribution in [1.82, 2.24) is 10.6 Å². The van der Waals surface area contributed by atoms with E-state index in [1.165, 1.54) is 6.07 Å². The van der Waals surface area contributed by atoms with Gasteiger partial charge in [-0.1, -0.05) is 74.3 Å². The molecular formula is C28H38Cl2FN3O3. The molecule has 1 aliphatic heterocycles. The molecule has 4 unspecified atom stereocenters. The SMILES string of the molecule is CC(C)(C)CC1NCC(c2cccc(Cl)c2F)C1C#N.Cc1ccccc1Cl.O=CNCCC(O)CO. The van der Waals surface area contributed by atoms with Gasteiger partial charge in [-0.25, -0.2) is 4.39 Å². The molecule has 0 aromatic heterocycles. The van der Waals surface area contributed by atoms with Crippen molar-refractivity contribution in [2.24, 2.45) is 11.3 Å². The molecule has 1 heterocycles. The van der Waals surface area contributed by atoms with Crippen molar-refractivity contribution in [2.45, 2.75) is 58.6 Å². The second-order valence-electron chi connectivity index (χ2n) is 10.1. The fourth-order valence-corrected chi connectivity index (χ4v) is 4.23. The molecule has 6 nitrogen and oxygen atoms in total. The van der Waals surface area contributed by atoms with Gasteiger partial charge in [0.05, 0.1) is 29.7 Å². The molecular weight excluding hydrogens is 516 g/mol. The number of carbonyl (C=O) groups is 1. The van der Waals surface area contributed by atoms with E-state index in [4.69, 9.17) is 33.4 Å². The summed E-state index contributed by atoms with van der Waals surface area (Å²) in [5.74, 6) is -0.745. The van der Waals surface area contributed by atoms with Crippen LogP contribution in [0.3, 0.4) is 0 Å². The molecule has 0 saturated carbocycles. The van der Waals surface area contributed by atoms with Crippen LogP contribution in [0, 0.1) is 35.4 Å². The van der Waals surface area contributed by atoms with Crippen LogP contribution in [0.15, 0.2) is 42.5 Å². The summed E-state index contributed by atoms with van der Waals surface area (Å²) in [7, 11) is 0. The number of benzene rings is 2. The van der Waals surface area contributed by atoms with E-state index in [0.29, 0.717) is 31.5 Å². The number of aryl methyl sites for hydroxylation is 1. The normalized spacial score (nSPS) is 19.4. The third-order valence-electron chi connectivity index (χ3n) is 5.82. The van der Waals surface area contributed by atoms with Crippen LogP contribution >= 0.6 is 23.2 Å². The average Bonchev–Trinajstić information content (AvgIpc) is 3.24. The molecule has 2 aromatic carbocycles. The number of rotatable bonds is 7. The van der Waals surface area contributed by atoms with E-state index in [0.717, 1.165) is 17.0 Å². The summed E-state index contributed by atoms with van der Waals surface area (Å²) in [6, 6.07) is 15.2. The number of nitrogens with one attached hydrogen (secondary N) is 2. The highest BCUT2D eigenvalue weighted by Gasteiger charge is 2.39. The maximum Gasteiger partial charge on any atom is 0.207 e. The van der Waals surface area contributed by atoms with Gasteiger partial charge in [0.2, 0.25) is 6.41 Å². The van der Waals surface area contributed by atoms with Crippen molar-refractivity contribution >= 4 is 29.6 Å². The second-order valence-corrected chi connectivity index (χ2v) is 10.9. The molecule has 1 saturated heterocycles. The molecule has 0 aliphatic carbocycles. The van der Waals surface area contributed by atoms with Gasteiger partial charge in [0.15, 0.2) is 0 Å². The number of amides is 1. The fourth-order valence-electron chi connectivity index (χ4n) is 3.91. The van der Waals surface area contributed by atoms with E-state index in [-0.39, 0.29) is 34.9 Å². The predicted octanol–water partition coefficient (Wildman–Crippen LogP) is 5.23. The molecule has 0 spiro atoms. The van der Waals surface area contributed by atoms with Gasteiger partial charge < -0.3 is 20.8 Å². The molecule has 1 amide bonds. The van der Waals surface area contributed by atoms with Crippen molar-refractivity contribution in [1.29, 1.82) is 5.26 Å². The first-order valence-electron chi connectivity index (χ1n) is 12.2. The lowest BCUT2D eigenvalue weighted by atomic mass is 9.79. The zero-order valence-corrected chi connectivity index (χ0v) is 23.4. The van der Waals surface area contributed by atoms with E-state index in [1.54, 1.807) is 12.1 Å². The van der Waals surface area contributed by atoms with Crippen molar-refractivity contribution in [3.05, 3.63) is 69.5 Å². The second kappa shape index (κ2) is 16.6. The van der Waals surface area contributed by atoms with Crippen LogP contribution in [-0.2, 0) is 4.79 Å². The Morgan fingerprint density at radius 3 is 2.38 bits per heavy atom. The standard InChI is InChI=1S/C16H20ClFN2.C7H7Cl.C5H11NO3/c1-16(2,3)7-14-11(8-19)12(9-20-14)10-5-4-6-13(17)15(10)18;1-6-4-2-3-5-7(6)8;7-3-5(9)1-2-6-4-8/h4-6,11-12,14,20H,7,9H2,1-3H3;2-5H,1H3;4-5,7,9H,1-3H2,(H,6,8). The number of nitriles is 1. The Morgan fingerprint density at radius 2 is 1.86 bits per heavy atom. The van der Waals surface area contributed by atoms with Crippen LogP contribution in [0.1, 0.15) is 50.7 Å². The van der Waals surface area contributed by atoms with Gasteiger partial charge in [0.25, 0.3) is 0 Å². The Hall–Kier alpha value is -2.21. The summed E-state index contributed by atoms with van der Waals surface area (Å²) in [5, 5.41) is 33.1. The molecule has 37 heavy (non-hydrogen) atoms. The third-order valence-corrected chi connectivity index (χ3v) is 6.54. The van der Waals surface area contributed by atoms with Crippen LogP contribution < -0.4 is 10.6 Å². The van der Waals surface area contributed by atoms with Crippen molar-refractivity contribution in [2.75, 3.05) is 19.7 Å². The van der Waals surface area contributed by atoms with Gasteiger partial charge in [0, 0.05) is 30.1 Å². The largest absolute Gasteiger partial charge is 0.394 e. The van der Waals surface area contributed by atoms with Gasteiger partial charge in [-0.3, -0.25) is 4.79 Å². The van der Waals surface area contributed by atoms with E-state index in [1.807, 2.05) is 31.2 Å². The third kappa shape index (κ3) is 11.8. The molecule has 1 fully saturated rings. The lowest BCUT2D eigenvalue weighted by Gasteiger charge is -2.26. The van der Waals surface area contributed by atoms with E-state index >= 15 is 0 Å². The molecule has 2 aromatic rings. The molecule has 4 atom stereocenters. The van der Waals surface area contributed by atoms with Gasteiger partial charge in [-0.15, -0.1) is 0 Å². The Morgan fingerprint density at radius 1 is 1.22 bits per heavy atom. The lowest BCUT2D eigenvalue weighted by molar-refractivity contribution is -0.109. The quantitative estimate of drug-likeness (QED) is 0.277. The maximum atomic E-state index is 14.2. The first-order chi connectivity index (χ1) is 17.4. The minimum atomic E-state index is -0.711. The molecule has 204 valence electrons. The van der Waals surface area contributed by atoms with E-state index in [9.17, 15) is 14.4 Å².